The molecule has 0 saturated heterocycles. The summed E-state index contributed by atoms with van der Waals surface area (Å²) in [6, 6.07) is 3.24. The number of aryl methyl sites for hydroxylation is 1. The molecule has 1 aromatic rings. The van der Waals surface area contributed by atoms with E-state index in [0.29, 0.717) is 12.8 Å². The van der Waals surface area contributed by atoms with Crippen LogP contribution in [0, 0.1) is 24.7 Å². The number of benzene rings is 1. The summed E-state index contributed by atoms with van der Waals surface area (Å²) < 4.78 is 0. The van der Waals surface area contributed by atoms with E-state index >= 15 is 0 Å². The van der Waals surface area contributed by atoms with Crippen LogP contribution in [0.25, 0.3) is 5.76 Å². The second kappa shape index (κ2) is 7.27. The van der Waals surface area contributed by atoms with Crippen molar-refractivity contribution in [1.29, 1.82) is 0 Å². The first-order chi connectivity index (χ1) is 12.8. The van der Waals surface area contributed by atoms with Crippen LogP contribution in [-0.2, 0) is 20.8 Å². The Balaban J connectivity index is 2.10. The summed E-state index contributed by atoms with van der Waals surface area (Å²) in [4.78, 5) is 37.1. The van der Waals surface area contributed by atoms with Crippen molar-refractivity contribution < 1.29 is 29.7 Å². The number of aromatic hydroxyl groups is 1. The number of allylic oxidation sites excluding steroid dienone is 1. The van der Waals surface area contributed by atoms with Gasteiger partial charge in [0.2, 0.25) is 0 Å². The molecule has 0 radical (unpaired) electrons. The van der Waals surface area contributed by atoms with E-state index in [1.165, 1.54) is 13.0 Å². The Labute approximate surface area is 157 Å². The number of phenolic OH excluding ortho intramolecular Hbond substituents is 1. The molecule has 2 aliphatic rings. The van der Waals surface area contributed by atoms with Gasteiger partial charge in [-0.3, -0.25) is 14.4 Å². The SMILES string of the molecule is CC(=O)CC(=O)C1C(=O)C2=C(O)c3c(O)ccc(C)c3CC2CC1CCO. The number of hydrogen-bond acceptors (Lipinski definition) is 6. The van der Waals surface area contributed by atoms with Crippen LogP contribution < -0.4 is 0 Å². The molecule has 0 bridgehead atoms. The molecule has 6 heteroatoms. The first-order valence-electron chi connectivity index (χ1n) is 9.18. The Kier molecular flexibility index (Phi) is 5.20. The van der Waals surface area contributed by atoms with Gasteiger partial charge in [-0.1, -0.05) is 6.07 Å². The summed E-state index contributed by atoms with van der Waals surface area (Å²) in [5, 5.41) is 30.4. The minimum Gasteiger partial charge on any atom is -0.507 e. The number of phenols is 1. The van der Waals surface area contributed by atoms with Crippen LogP contribution in [-0.4, -0.2) is 39.3 Å². The Morgan fingerprint density at radius 3 is 2.56 bits per heavy atom. The maximum absolute atomic E-state index is 13.2. The summed E-state index contributed by atoms with van der Waals surface area (Å²) in [5.74, 6) is -3.32. The number of Topliss-reactive ketones (excluding diaryl/α,β-unsaturated/α-hetero) is 3. The Morgan fingerprint density at radius 1 is 1.22 bits per heavy atom. The molecule has 3 unspecified atom stereocenters. The van der Waals surface area contributed by atoms with Crippen LogP contribution in [0.1, 0.15) is 42.9 Å². The van der Waals surface area contributed by atoms with Gasteiger partial charge < -0.3 is 15.3 Å². The number of rotatable bonds is 5. The van der Waals surface area contributed by atoms with Crippen LogP contribution in [0.3, 0.4) is 0 Å². The predicted molar refractivity (Wildman–Crippen MR) is 98.2 cm³/mol. The summed E-state index contributed by atoms with van der Waals surface area (Å²) >= 11 is 0. The summed E-state index contributed by atoms with van der Waals surface area (Å²) in [6.07, 6.45) is 0.902. The van der Waals surface area contributed by atoms with E-state index in [9.17, 15) is 29.7 Å². The van der Waals surface area contributed by atoms with Crippen LogP contribution in [0.5, 0.6) is 5.75 Å². The van der Waals surface area contributed by atoms with Crippen LogP contribution >= 0.6 is 0 Å². The zero-order chi connectivity index (χ0) is 19.9. The van der Waals surface area contributed by atoms with E-state index in [1.54, 1.807) is 6.07 Å². The standard InChI is InChI=1S/C21H24O6/c1-10-3-4-15(24)19-14(10)9-13-8-12(5-6-22)17(16(25)7-11(2)23)20(26)18(13)21(19)27/h3-4,12-13,17,22,24,27H,5-9H2,1-2H3. The van der Waals surface area contributed by atoms with Crippen molar-refractivity contribution in [3.8, 4) is 5.75 Å². The smallest absolute Gasteiger partial charge is 0.173 e. The predicted octanol–water partition coefficient (Wildman–Crippen LogP) is 2.28. The number of fused-ring (bicyclic) bond motifs is 2. The molecule has 27 heavy (non-hydrogen) atoms. The molecule has 1 aromatic carbocycles. The van der Waals surface area contributed by atoms with E-state index in [1.807, 2.05) is 6.92 Å². The van der Waals surface area contributed by atoms with Gasteiger partial charge in [-0.2, -0.15) is 0 Å². The molecular weight excluding hydrogens is 348 g/mol. The maximum Gasteiger partial charge on any atom is 0.173 e. The summed E-state index contributed by atoms with van der Waals surface area (Å²) in [6.45, 7) is 3.02. The van der Waals surface area contributed by atoms with Gasteiger partial charge in [0.25, 0.3) is 0 Å². The maximum atomic E-state index is 13.2. The lowest BCUT2D eigenvalue weighted by molar-refractivity contribution is -0.137. The third-order valence-corrected chi connectivity index (χ3v) is 5.75. The van der Waals surface area contributed by atoms with Gasteiger partial charge >= 0.3 is 0 Å². The molecular formula is C21H24O6. The van der Waals surface area contributed by atoms with Crippen molar-refractivity contribution in [2.75, 3.05) is 6.61 Å². The number of carbonyl (C=O) groups is 3. The Morgan fingerprint density at radius 2 is 1.93 bits per heavy atom. The average Bonchev–Trinajstić information content (AvgIpc) is 2.57. The minimum atomic E-state index is -1.04. The number of ketones is 3. The fourth-order valence-electron chi connectivity index (χ4n) is 4.56. The van der Waals surface area contributed by atoms with Gasteiger partial charge in [0.15, 0.2) is 11.6 Å². The van der Waals surface area contributed by atoms with E-state index in [0.717, 1.165) is 11.1 Å². The van der Waals surface area contributed by atoms with Crippen molar-refractivity contribution in [2.24, 2.45) is 17.8 Å². The zero-order valence-electron chi connectivity index (χ0n) is 15.5. The van der Waals surface area contributed by atoms with Crippen molar-refractivity contribution >= 4 is 23.1 Å². The first-order valence-corrected chi connectivity index (χ1v) is 9.18. The zero-order valence-corrected chi connectivity index (χ0v) is 15.5. The molecule has 3 rings (SSSR count). The first kappa shape index (κ1) is 19.3. The molecule has 1 fully saturated rings. The molecule has 0 aliphatic heterocycles. The molecule has 1 saturated carbocycles. The highest BCUT2D eigenvalue weighted by atomic mass is 16.3. The molecule has 2 aliphatic carbocycles. The Bertz CT molecular complexity index is 850. The molecule has 3 atom stereocenters. The number of hydrogen-bond donors (Lipinski definition) is 3. The normalized spacial score (nSPS) is 24.4. The molecule has 6 nitrogen and oxygen atoms in total. The fourth-order valence-corrected chi connectivity index (χ4v) is 4.56. The van der Waals surface area contributed by atoms with Gasteiger partial charge in [-0.25, -0.2) is 0 Å². The van der Waals surface area contributed by atoms with Crippen molar-refractivity contribution in [1.82, 2.24) is 0 Å². The van der Waals surface area contributed by atoms with Gasteiger partial charge in [-0.15, -0.1) is 0 Å². The van der Waals surface area contributed by atoms with Gasteiger partial charge in [0.1, 0.15) is 17.3 Å². The van der Waals surface area contributed by atoms with Gasteiger partial charge in [0, 0.05) is 12.2 Å². The van der Waals surface area contributed by atoms with Crippen LogP contribution in [0.15, 0.2) is 17.7 Å². The number of aliphatic hydroxyl groups excluding tert-OH is 2. The summed E-state index contributed by atoms with van der Waals surface area (Å²) in [7, 11) is 0. The van der Waals surface area contributed by atoms with Crippen LogP contribution in [0.2, 0.25) is 0 Å². The quantitative estimate of drug-likeness (QED) is 0.684. The molecule has 0 amide bonds. The van der Waals surface area contributed by atoms with Crippen molar-refractivity contribution in [3.05, 3.63) is 34.4 Å². The largest absolute Gasteiger partial charge is 0.507 e. The van der Waals surface area contributed by atoms with Gasteiger partial charge in [-0.05, 0) is 62.1 Å². The number of aliphatic hydroxyl groups is 2. The van der Waals surface area contributed by atoms with Crippen molar-refractivity contribution in [3.63, 3.8) is 0 Å². The highest BCUT2D eigenvalue weighted by molar-refractivity contribution is 6.17. The average molecular weight is 372 g/mol. The van der Waals surface area contributed by atoms with E-state index in [4.69, 9.17) is 0 Å². The highest BCUT2D eigenvalue weighted by Gasteiger charge is 2.47. The number of carbonyl (C=O) groups excluding carboxylic acids is 3. The molecule has 0 heterocycles. The second-order valence-corrected chi connectivity index (χ2v) is 7.61. The second-order valence-electron chi connectivity index (χ2n) is 7.61. The minimum absolute atomic E-state index is 0.101. The van der Waals surface area contributed by atoms with Crippen molar-refractivity contribution in [2.45, 2.75) is 39.5 Å². The molecule has 144 valence electrons. The van der Waals surface area contributed by atoms with Gasteiger partial charge in [0.05, 0.1) is 17.9 Å². The van der Waals surface area contributed by atoms with E-state index in [-0.39, 0.29) is 59.7 Å². The third-order valence-electron chi connectivity index (χ3n) is 5.75. The topological polar surface area (TPSA) is 112 Å². The van der Waals surface area contributed by atoms with Crippen LogP contribution in [0.4, 0.5) is 0 Å². The lowest BCUT2D eigenvalue weighted by Gasteiger charge is -2.39. The molecule has 0 spiro atoms. The van der Waals surface area contributed by atoms with E-state index in [2.05, 4.69) is 0 Å². The molecule has 3 N–H and O–H groups in total. The Hall–Kier alpha value is -2.47. The lowest BCUT2D eigenvalue weighted by atomic mass is 9.63. The lowest BCUT2D eigenvalue weighted by Crippen LogP contribution is -2.43. The van der Waals surface area contributed by atoms with E-state index < -0.39 is 17.5 Å². The monoisotopic (exact) mass is 372 g/mol. The molecule has 0 aromatic heterocycles. The fraction of sp³-hybridized carbons (Fsp3) is 0.476. The highest BCUT2D eigenvalue weighted by Crippen LogP contribution is 2.47. The summed E-state index contributed by atoms with van der Waals surface area (Å²) in [5.41, 5.74) is 2.13. The third kappa shape index (κ3) is 3.30.